The summed E-state index contributed by atoms with van der Waals surface area (Å²) in [5.41, 5.74) is 0.378. The topological polar surface area (TPSA) is 18.5 Å². The Balaban J connectivity index is 1.78. The first-order valence-electron chi connectivity index (χ1n) is 7.33. The Morgan fingerprint density at radius 2 is 2.11 bits per heavy atom. The van der Waals surface area contributed by atoms with Crippen LogP contribution in [0.1, 0.15) is 47.0 Å². The van der Waals surface area contributed by atoms with Gasteiger partial charge in [0, 0.05) is 0 Å². The number of rotatable bonds is 3. The van der Waals surface area contributed by atoms with Crippen LogP contribution in [0.3, 0.4) is 0 Å². The Morgan fingerprint density at radius 1 is 1.39 bits per heavy atom. The lowest BCUT2D eigenvalue weighted by Gasteiger charge is -2.64. The van der Waals surface area contributed by atoms with Gasteiger partial charge in [0.2, 0.25) is 0 Å². The molecule has 18 heavy (non-hydrogen) atoms. The van der Waals surface area contributed by atoms with Crippen LogP contribution in [0, 0.1) is 17.3 Å². The Hall–Kier alpha value is -0.275. The quantitative estimate of drug-likeness (QED) is 0.560. The number of hydrogen-bond donors (Lipinski definition) is 0. The predicted octanol–water partition coefficient (Wildman–Crippen LogP) is 3.68. The summed E-state index contributed by atoms with van der Waals surface area (Å²) in [6.07, 6.45) is 5.74. The molecule has 0 spiro atoms. The predicted molar refractivity (Wildman–Crippen MR) is 74.4 cm³/mol. The third-order valence-electron chi connectivity index (χ3n) is 5.97. The largest absolute Gasteiger partial charge is 0.461 e. The minimum Gasteiger partial charge on any atom is -0.405 e. The van der Waals surface area contributed by atoms with Gasteiger partial charge < -0.3 is 9.31 Å². The Labute approximate surface area is 111 Å². The average molecular weight is 248 g/mol. The van der Waals surface area contributed by atoms with Gasteiger partial charge >= 0.3 is 7.12 Å². The smallest absolute Gasteiger partial charge is 0.405 e. The molecular formula is C15H25BO2. The minimum absolute atomic E-state index is 0.0341. The molecule has 0 unspecified atom stereocenters. The SMILES string of the molecule is C=CC[C@@H](C)B1O[C@@H]2C[C@@H]3C[C@@H](C3(C)C)[C@]2(C)O1. The van der Waals surface area contributed by atoms with Crippen LogP contribution in [0.4, 0.5) is 0 Å². The van der Waals surface area contributed by atoms with Crippen LogP contribution in [0.25, 0.3) is 0 Å². The van der Waals surface area contributed by atoms with Crippen LogP contribution in [-0.2, 0) is 9.31 Å². The van der Waals surface area contributed by atoms with Crippen LogP contribution < -0.4 is 0 Å². The van der Waals surface area contributed by atoms with E-state index < -0.39 is 0 Å². The number of hydrogen-bond acceptors (Lipinski definition) is 2. The Bertz CT molecular complexity index is 368. The van der Waals surface area contributed by atoms with Gasteiger partial charge in [-0.3, -0.25) is 0 Å². The first-order chi connectivity index (χ1) is 8.39. The molecule has 0 amide bonds. The lowest BCUT2D eigenvalue weighted by molar-refractivity contribution is -0.199. The molecule has 2 nitrogen and oxygen atoms in total. The van der Waals surface area contributed by atoms with Gasteiger partial charge in [0.25, 0.3) is 0 Å². The minimum atomic E-state index is -0.0572. The first-order valence-corrected chi connectivity index (χ1v) is 7.33. The summed E-state index contributed by atoms with van der Waals surface area (Å²) in [7, 11) is -0.0341. The molecule has 4 aliphatic rings. The zero-order valence-electron chi connectivity index (χ0n) is 12.1. The molecule has 3 saturated carbocycles. The fraction of sp³-hybridized carbons (Fsp3) is 0.867. The van der Waals surface area contributed by atoms with Crippen molar-refractivity contribution in [1.29, 1.82) is 0 Å². The number of allylic oxidation sites excluding steroid dienone is 1. The Morgan fingerprint density at radius 3 is 2.72 bits per heavy atom. The molecule has 3 aliphatic carbocycles. The maximum Gasteiger partial charge on any atom is 0.461 e. The lowest BCUT2D eigenvalue weighted by Crippen LogP contribution is -2.65. The van der Waals surface area contributed by atoms with Gasteiger partial charge in [-0.1, -0.05) is 26.8 Å². The van der Waals surface area contributed by atoms with Crippen molar-refractivity contribution in [3.63, 3.8) is 0 Å². The molecule has 100 valence electrons. The highest BCUT2D eigenvalue weighted by atomic mass is 16.7. The van der Waals surface area contributed by atoms with Crippen molar-refractivity contribution in [3.05, 3.63) is 12.7 Å². The summed E-state index contributed by atoms with van der Waals surface area (Å²) in [6.45, 7) is 13.1. The third-order valence-corrected chi connectivity index (χ3v) is 5.97. The second kappa shape index (κ2) is 3.86. The van der Waals surface area contributed by atoms with Crippen LogP contribution in [-0.4, -0.2) is 18.8 Å². The van der Waals surface area contributed by atoms with Gasteiger partial charge in [-0.15, -0.1) is 6.58 Å². The summed E-state index contributed by atoms with van der Waals surface area (Å²) < 4.78 is 12.6. The summed E-state index contributed by atoms with van der Waals surface area (Å²) in [5.74, 6) is 1.90. The summed E-state index contributed by atoms with van der Waals surface area (Å²) in [4.78, 5) is 0. The lowest BCUT2D eigenvalue weighted by atomic mass is 9.43. The van der Waals surface area contributed by atoms with Gasteiger partial charge in [0.05, 0.1) is 11.7 Å². The average Bonchev–Trinajstić information content (AvgIpc) is 2.65. The normalized spacial score (nSPS) is 46.2. The molecule has 0 aromatic rings. The van der Waals surface area contributed by atoms with Gasteiger partial charge in [-0.2, -0.15) is 0 Å². The molecule has 1 heterocycles. The second-order valence-electron chi connectivity index (χ2n) is 7.34. The van der Waals surface area contributed by atoms with Crippen LogP contribution in [0.15, 0.2) is 12.7 Å². The zero-order valence-corrected chi connectivity index (χ0v) is 12.1. The van der Waals surface area contributed by atoms with E-state index in [2.05, 4.69) is 34.3 Å². The van der Waals surface area contributed by atoms with Gasteiger partial charge in [0.1, 0.15) is 0 Å². The van der Waals surface area contributed by atoms with Gasteiger partial charge in [-0.25, -0.2) is 0 Å². The first kappa shape index (κ1) is 12.7. The molecular weight excluding hydrogens is 223 g/mol. The van der Waals surface area contributed by atoms with Gasteiger partial charge in [0.15, 0.2) is 0 Å². The standard InChI is InChI=1S/C15H25BO2/c1-6-7-10(2)16-17-13-9-11-8-12(14(11,3)4)15(13,5)18-16/h6,10-13H,1,7-9H2,2-5H3/t10-,11+,12+,13-,15+/m1/s1. The highest BCUT2D eigenvalue weighted by Gasteiger charge is 2.68. The van der Waals surface area contributed by atoms with Crippen LogP contribution >= 0.6 is 0 Å². The van der Waals surface area contributed by atoms with Crippen molar-refractivity contribution in [2.45, 2.75) is 64.5 Å². The molecule has 1 aliphatic heterocycles. The molecule has 4 rings (SSSR count). The van der Waals surface area contributed by atoms with E-state index in [0.717, 1.165) is 12.3 Å². The maximum absolute atomic E-state index is 6.38. The van der Waals surface area contributed by atoms with E-state index >= 15 is 0 Å². The van der Waals surface area contributed by atoms with E-state index in [1.165, 1.54) is 12.8 Å². The fourth-order valence-corrected chi connectivity index (χ4v) is 4.52. The van der Waals surface area contributed by atoms with Crippen molar-refractivity contribution in [2.75, 3.05) is 0 Å². The van der Waals surface area contributed by atoms with Crippen molar-refractivity contribution < 1.29 is 9.31 Å². The van der Waals surface area contributed by atoms with Gasteiger partial charge in [-0.05, 0) is 49.3 Å². The molecule has 1 saturated heterocycles. The molecule has 0 aromatic heterocycles. The zero-order chi connectivity index (χ0) is 13.1. The summed E-state index contributed by atoms with van der Waals surface area (Å²) in [6, 6.07) is 0. The maximum atomic E-state index is 6.38. The summed E-state index contributed by atoms with van der Waals surface area (Å²) >= 11 is 0. The van der Waals surface area contributed by atoms with E-state index in [1.807, 2.05) is 6.08 Å². The molecule has 5 atom stereocenters. The third kappa shape index (κ3) is 1.50. The van der Waals surface area contributed by atoms with Crippen LogP contribution in [0.5, 0.6) is 0 Å². The van der Waals surface area contributed by atoms with E-state index in [9.17, 15) is 0 Å². The van der Waals surface area contributed by atoms with Crippen molar-refractivity contribution in [3.8, 4) is 0 Å². The second-order valence-corrected chi connectivity index (χ2v) is 7.34. The molecule has 4 fully saturated rings. The fourth-order valence-electron chi connectivity index (χ4n) is 4.52. The summed E-state index contributed by atoms with van der Waals surface area (Å²) in [5, 5.41) is 0. The molecule has 0 aromatic carbocycles. The highest BCUT2D eigenvalue weighted by Crippen LogP contribution is 2.66. The highest BCUT2D eigenvalue weighted by molar-refractivity contribution is 6.47. The molecule has 3 heteroatoms. The van der Waals surface area contributed by atoms with E-state index in [4.69, 9.17) is 9.31 Å². The van der Waals surface area contributed by atoms with Crippen molar-refractivity contribution in [2.24, 2.45) is 17.3 Å². The van der Waals surface area contributed by atoms with Crippen molar-refractivity contribution in [1.82, 2.24) is 0 Å². The Kier molecular flexibility index (Phi) is 2.73. The van der Waals surface area contributed by atoms with E-state index in [-0.39, 0.29) is 12.7 Å². The molecule has 0 N–H and O–H groups in total. The molecule has 2 bridgehead atoms. The van der Waals surface area contributed by atoms with Crippen molar-refractivity contribution >= 4 is 7.12 Å². The monoisotopic (exact) mass is 248 g/mol. The van der Waals surface area contributed by atoms with Crippen LogP contribution in [0.2, 0.25) is 5.82 Å². The van der Waals surface area contributed by atoms with E-state index in [0.29, 0.717) is 23.3 Å². The van der Waals surface area contributed by atoms with E-state index in [1.54, 1.807) is 0 Å². The molecule has 0 radical (unpaired) electrons.